The second-order valence-corrected chi connectivity index (χ2v) is 7.03. The van der Waals surface area contributed by atoms with Crippen molar-refractivity contribution in [3.05, 3.63) is 71.3 Å². The van der Waals surface area contributed by atoms with Gasteiger partial charge in [-0.05, 0) is 24.5 Å². The van der Waals surface area contributed by atoms with Crippen LogP contribution in [0.25, 0.3) is 0 Å². The highest BCUT2D eigenvalue weighted by Gasteiger charge is 2.27. The zero-order valence-corrected chi connectivity index (χ0v) is 17.2. The van der Waals surface area contributed by atoms with Crippen molar-refractivity contribution in [1.29, 1.82) is 0 Å². The van der Waals surface area contributed by atoms with E-state index < -0.39 is 0 Å². The molecule has 0 saturated heterocycles. The number of nitrogens with zero attached hydrogens (tertiary/aromatic N) is 4. The molecule has 0 atom stereocenters. The second-order valence-electron chi connectivity index (χ2n) is 7.03. The van der Waals surface area contributed by atoms with Crippen LogP contribution in [0.5, 0.6) is 0 Å². The summed E-state index contributed by atoms with van der Waals surface area (Å²) in [6.45, 7) is 1.21. The van der Waals surface area contributed by atoms with Crippen molar-refractivity contribution in [3.63, 3.8) is 0 Å². The number of amides is 2. The Balaban J connectivity index is 0.000000913. The molecule has 0 spiro atoms. The predicted octanol–water partition coefficient (Wildman–Crippen LogP) is 1.00. The minimum Gasteiger partial charge on any atom is -0.483 e. The van der Waals surface area contributed by atoms with Crippen LogP contribution in [-0.4, -0.2) is 61.1 Å². The summed E-state index contributed by atoms with van der Waals surface area (Å²) in [6, 6.07) is 6.51. The van der Waals surface area contributed by atoms with E-state index in [4.69, 9.17) is 9.90 Å². The van der Waals surface area contributed by atoms with Gasteiger partial charge in [0.2, 0.25) is 5.91 Å². The number of hydrogen-bond acceptors (Lipinski definition) is 5. The average molecular weight is 442 g/mol. The molecule has 3 aromatic rings. The van der Waals surface area contributed by atoms with Crippen molar-refractivity contribution in [2.24, 2.45) is 0 Å². The van der Waals surface area contributed by atoms with Crippen LogP contribution in [0, 0.1) is 5.82 Å². The Morgan fingerprint density at radius 3 is 2.81 bits per heavy atom. The van der Waals surface area contributed by atoms with E-state index in [1.807, 2.05) is 0 Å². The maximum atomic E-state index is 13.7. The molecular formula is C21H23FN6O4. The van der Waals surface area contributed by atoms with Gasteiger partial charge >= 0.3 is 0 Å². The second kappa shape index (κ2) is 10.8. The number of aromatic amines is 1. The fourth-order valence-electron chi connectivity index (χ4n) is 3.45. The van der Waals surface area contributed by atoms with Gasteiger partial charge in [-0.15, -0.1) is 0 Å². The van der Waals surface area contributed by atoms with Gasteiger partial charge in [0.15, 0.2) is 5.69 Å². The third-order valence-corrected chi connectivity index (χ3v) is 5.02. The highest BCUT2D eigenvalue weighted by Crippen LogP contribution is 2.20. The van der Waals surface area contributed by atoms with Crippen LogP contribution in [0.2, 0.25) is 0 Å². The first-order valence-corrected chi connectivity index (χ1v) is 9.92. The number of carbonyl (C=O) groups is 3. The number of imidazole rings is 1. The van der Waals surface area contributed by atoms with Crippen molar-refractivity contribution < 1.29 is 23.9 Å². The van der Waals surface area contributed by atoms with Gasteiger partial charge in [0.25, 0.3) is 12.4 Å². The van der Waals surface area contributed by atoms with Crippen molar-refractivity contribution in [3.8, 4) is 0 Å². The number of halogens is 1. The van der Waals surface area contributed by atoms with Gasteiger partial charge < -0.3 is 19.9 Å². The number of H-pyrrole nitrogens is 1. The number of carbonyl (C=O) groups excluding carboxylic acids is 2. The summed E-state index contributed by atoms with van der Waals surface area (Å²) >= 11 is 0. The third-order valence-electron chi connectivity index (χ3n) is 5.02. The Labute approximate surface area is 183 Å². The number of aromatic nitrogens is 4. The average Bonchev–Trinajstić information content (AvgIpc) is 3.45. The SMILES string of the molecule is O=C(NCCc1ccccc1F)c1n[nH]c2c1CCN(C(=O)Cn1ccnc1)C2.O=CO. The first-order valence-electron chi connectivity index (χ1n) is 9.92. The number of carboxylic acid groups (broad SMARTS) is 1. The van der Waals surface area contributed by atoms with E-state index in [2.05, 4.69) is 20.5 Å². The molecule has 0 saturated carbocycles. The van der Waals surface area contributed by atoms with Gasteiger partial charge in [0, 0.05) is 31.0 Å². The fraction of sp³-hybridized carbons (Fsp3) is 0.286. The highest BCUT2D eigenvalue weighted by molar-refractivity contribution is 5.94. The molecule has 1 aliphatic rings. The highest BCUT2D eigenvalue weighted by atomic mass is 19.1. The van der Waals surface area contributed by atoms with Gasteiger partial charge in [-0.3, -0.25) is 19.5 Å². The quantitative estimate of drug-likeness (QED) is 0.488. The predicted molar refractivity (Wildman–Crippen MR) is 111 cm³/mol. The standard InChI is InChI=1S/C20H21FN6O2.CH2O2/c21-16-4-2-1-3-14(16)5-7-23-20(29)19-15-6-9-27(11-17(15)24-25-19)18(28)12-26-10-8-22-13-26;2-1-3/h1-4,8,10,13H,5-7,9,11-12H2,(H,23,29)(H,24,25);1H,(H,2,3). The van der Waals surface area contributed by atoms with Crippen molar-refractivity contribution in [2.75, 3.05) is 13.1 Å². The number of hydrogen-bond donors (Lipinski definition) is 3. The number of fused-ring (bicyclic) bond motifs is 1. The molecule has 32 heavy (non-hydrogen) atoms. The smallest absolute Gasteiger partial charge is 0.290 e. The largest absolute Gasteiger partial charge is 0.483 e. The van der Waals surface area contributed by atoms with Gasteiger partial charge in [-0.25, -0.2) is 9.37 Å². The molecule has 1 aliphatic heterocycles. The minimum absolute atomic E-state index is 0.0147. The number of rotatable bonds is 6. The van der Waals surface area contributed by atoms with Crippen molar-refractivity contribution in [2.45, 2.75) is 25.9 Å². The lowest BCUT2D eigenvalue weighted by molar-refractivity contribution is -0.132. The van der Waals surface area contributed by atoms with Crippen LogP contribution >= 0.6 is 0 Å². The molecule has 11 heteroatoms. The van der Waals surface area contributed by atoms with Crippen LogP contribution < -0.4 is 5.32 Å². The lowest BCUT2D eigenvalue weighted by Gasteiger charge is -2.27. The molecule has 2 amide bonds. The Morgan fingerprint density at radius 2 is 2.09 bits per heavy atom. The zero-order chi connectivity index (χ0) is 22.9. The fourth-order valence-corrected chi connectivity index (χ4v) is 3.45. The first kappa shape index (κ1) is 22.7. The van der Waals surface area contributed by atoms with Gasteiger partial charge in [-0.1, -0.05) is 18.2 Å². The van der Waals surface area contributed by atoms with Crippen molar-refractivity contribution >= 4 is 18.3 Å². The topological polar surface area (TPSA) is 133 Å². The molecular weight excluding hydrogens is 419 g/mol. The Bertz CT molecular complexity index is 1070. The molecule has 1 aromatic carbocycles. The number of benzene rings is 1. The normalized spacial score (nSPS) is 12.3. The molecule has 0 aliphatic carbocycles. The van der Waals surface area contributed by atoms with E-state index in [0.29, 0.717) is 43.7 Å². The molecule has 10 nitrogen and oxygen atoms in total. The molecule has 0 unspecified atom stereocenters. The Kier molecular flexibility index (Phi) is 7.68. The summed E-state index contributed by atoms with van der Waals surface area (Å²) in [5, 5.41) is 16.7. The summed E-state index contributed by atoms with van der Waals surface area (Å²) < 4.78 is 15.4. The lowest BCUT2D eigenvalue weighted by Crippen LogP contribution is -2.38. The number of nitrogens with one attached hydrogen (secondary N) is 2. The Morgan fingerprint density at radius 1 is 1.31 bits per heavy atom. The van der Waals surface area contributed by atoms with Crippen LogP contribution in [0.3, 0.4) is 0 Å². The summed E-state index contributed by atoms with van der Waals surface area (Å²) in [6.07, 6.45) is 5.94. The van der Waals surface area contributed by atoms with E-state index in [-0.39, 0.29) is 30.6 Å². The third kappa shape index (κ3) is 5.56. The molecule has 0 fully saturated rings. The molecule has 0 radical (unpaired) electrons. The summed E-state index contributed by atoms with van der Waals surface area (Å²) in [5.74, 6) is -0.587. The molecule has 2 aromatic heterocycles. The van der Waals surface area contributed by atoms with Gasteiger partial charge in [0.05, 0.1) is 18.6 Å². The van der Waals surface area contributed by atoms with Crippen molar-refractivity contribution in [1.82, 2.24) is 30.0 Å². The van der Waals surface area contributed by atoms with Gasteiger partial charge in [-0.2, -0.15) is 5.10 Å². The van der Waals surface area contributed by atoms with E-state index >= 15 is 0 Å². The van der Waals surface area contributed by atoms with Gasteiger partial charge in [0.1, 0.15) is 12.4 Å². The minimum atomic E-state index is -0.294. The lowest BCUT2D eigenvalue weighted by atomic mass is 10.0. The first-order chi connectivity index (χ1) is 15.5. The van der Waals surface area contributed by atoms with E-state index in [1.54, 1.807) is 46.4 Å². The summed E-state index contributed by atoms with van der Waals surface area (Å²) in [7, 11) is 0. The molecule has 168 valence electrons. The summed E-state index contributed by atoms with van der Waals surface area (Å²) in [5.41, 5.74) is 2.51. The van der Waals surface area contributed by atoms with E-state index in [0.717, 1.165) is 11.3 Å². The molecule has 0 bridgehead atoms. The van der Waals surface area contributed by atoms with E-state index in [1.165, 1.54) is 6.07 Å². The van der Waals surface area contributed by atoms with Crippen LogP contribution in [0.15, 0.2) is 43.0 Å². The van der Waals surface area contributed by atoms with E-state index in [9.17, 15) is 14.0 Å². The van der Waals surface area contributed by atoms with Crippen LogP contribution in [0.1, 0.15) is 27.3 Å². The molecule has 3 heterocycles. The van der Waals surface area contributed by atoms with Crippen LogP contribution in [-0.2, 0) is 35.5 Å². The Hall–Kier alpha value is -4.02. The summed E-state index contributed by atoms with van der Waals surface area (Å²) in [4.78, 5) is 39.0. The zero-order valence-electron chi connectivity index (χ0n) is 17.2. The van der Waals surface area contributed by atoms with Crippen LogP contribution in [0.4, 0.5) is 4.39 Å². The monoisotopic (exact) mass is 442 g/mol. The maximum Gasteiger partial charge on any atom is 0.290 e. The molecule has 3 N–H and O–H groups in total. The maximum absolute atomic E-state index is 13.7. The molecule has 4 rings (SSSR count).